The fourth-order valence-electron chi connectivity index (χ4n) is 2.28. The molecule has 0 spiro atoms. The molecule has 0 fully saturated rings. The number of aromatic amines is 2. The van der Waals surface area contributed by atoms with Crippen LogP contribution in [0.1, 0.15) is 17.0 Å². The number of nitrogens with zero attached hydrogens (tertiary/aromatic N) is 2. The van der Waals surface area contributed by atoms with Crippen molar-refractivity contribution in [3.63, 3.8) is 0 Å². The van der Waals surface area contributed by atoms with Gasteiger partial charge in [-0.05, 0) is 31.5 Å². The van der Waals surface area contributed by atoms with Gasteiger partial charge in [0.2, 0.25) is 10.0 Å². The third-order valence-electron chi connectivity index (χ3n) is 3.28. The summed E-state index contributed by atoms with van der Waals surface area (Å²) in [5, 5.41) is 6.59. The molecular formula is C13H15N5O2S. The topological polar surface area (TPSA) is 104 Å². The monoisotopic (exact) mass is 305 g/mol. The summed E-state index contributed by atoms with van der Waals surface area (Å²) in [6.45, 7) is 3.56. The van der Waals surface area contributed by atoms with Gasteiger partial charge in [0, 0.05) is 6.54 Å². The molecule has 0 aliphatic carbocycles. The van der Waals surface area contributed by atoms with E-state index in [4.69, 9.17) is 0 Å². The number of aromatic nitrogens is 4. The van der Waals surface area contributed by atoms with E-state index in [9.17, 15) is 8.42 Å². The lowest BCUT2D eigenvalue weighted by atomic mass is 10.2. The lowest BCUT2D eigenvalue weighted by Crippen LogP contribution is -2.24. The van der Waals surface area contributed by atoms with E-state index in [1.165, 1.54) is 0 Å². The Balaban J connectivity index is 1.83. The highest BCUT2D eigenvalue weighted by Crippen LogP contribution is 2.17. The Bertz CT molecular complexity index is 875. The summed E-state index contributed by atoms with van der Waals surface area (Å²) in [7, 11) is -3.59. The molecule has 2 aromatic heterocycles. The standard InChI is InChI=1S/C13H15N5O2S/c1-8-13(9(2)18-17-8)21(19,20)16-6-10-3-4-11-12(5-10)15-7-14-11/h3-5,7,16H,6H2,1-2H3,(H,14,15)(H,17,18). The van der Waals surface area contributed by atoms with Crippen LogP contribution in [0.2, 0.25) is 0 Å². The van der Waals surface area contributed by atoms with Crippen LogP contribution in [0.15, 0.2) is 29.4 Å². The molecule has 0 aliphatic heterocycles. The fourth-order valence-corrected chi connectivity index (χ4v) is 3.66. The molecule has 3 N–H and O–H groups in total. The summed E-state index contributed by atoms with van der Waals surface area (Å²) >= 11 is 0. The van der Waals surface area contributed by atoms with Crippen LogP contribution < -0.4 is 4.72 Å². The van der Waals surface area contributed by atoms with Gasteiger partial charge in [0.25, 0.3) is 0 Å². The average Bonchev–Trinajstić information content (AvgIpc) is 3.02. The van der Waals surface area contributed by atoms with Crippen molar-refractivity contribution in [2.75, 3.05) is 0 Å². The molecule has 8 heteroatoms. The van der Waals surface area contributed by atoms with Crippen LogP contribution in [0.25, 0.3) is 11.0 Å². The first-order chi connectivity index (χ1) is 9.97. The van der Waals surface area contributed by atoms with Gasteiger partial charge in [0.05, 0.1) is 28.7 Å². The molecule has 21 heavy (non-hydrogen) atoms. The van der Waals surface area contributed by atoms with Gasteiger partial charge in [-0.3, -0.25) is 5.10 Å². The van der Waals surface area contributed by atoms with E-state index in [1.54, 1.807) is 20.2 Å². The minimum Gasteiger partial charge on any atom is -0.345 e. The Kier molecular flexibility index (Phi) is 3.26. The minimum absolute atomic E-state index is 0.210. The lowest BCUT2D eigenvalue weighted by molar-refractivity contribution is 0.580. The first kappa shape index (κ1) is 13.8. The maximum atomic E-state index is 12.3. The summed E-state index contributed by atoms with van der Waals surface area (Å²) in [4.78, 5) is 7.34. The molecule has 110 valence electrons. The van der Waals surface area contributed by atoms with Crippen molar-refractivity contribution >= 4 is 21.1 Å². The second-order valence-corrected chi connectivity index (χ2v) is 6.55. The second-order valence-electron chi connectivity index (χ2n) is 4.84. The summed E-state index contributed by atoms with van der Waals surface area (Å²) in [6.07, 6.45) is 1.61. The Morgan fingerprint density at radius 2 is 2.10 bits per heavy atom. The highest BCUT2D eigenvalue weighted by molar-refractivity contribution is 7.89. The molecule has 3 aromatic rings. The van der Waals surface area contributed by atoms with Crippen molar-refractivity contribution in [2.24, 2.45) is 0 Å². The van der Waals surface area contributed by atoms with E-state index in [0.29, 0.717) is 11.4 Å². The number of imidazole rings is 1. The lowest BCUT2D eigenvalue weighted by Gasteiger charge is -2.07. The highest BCUT2D eigenvalue weighted by atomic mass is 32.2. The van der Waals surface area contributed by atoms with Crippen LogP contribution in [0.5, 0.6) is 0 Å². The van der Waals surface area contributed by atoms with Crippen LogP contribution in [0, 0.1) is 13.8 Å². The van der Waals surface area contributed by atoms with Crippen LogP contribution in [-0.2, 0) is 16.6 Å². The van der Waals surface area contributed by atoms with E-state index in [2.05, 4.69) is 24.9 Å². The number of hydrogen-bond acceptors (Lipinski definition) is 4. The predicted octanol–water partition coefficient (Wildman–Crippen LogP) is 1.38. The Morgan fingerprint density at radius 3 is 2.81 bits per heavy atom. The van der Waals surface area contributed by atoms with E-state index in [1.807, 2.05) is 18.2 Å². The Hall–Kier alpha value is -2.19. The molecule has 0 atom stereocenters. The zero-order valence-corrected chi connectivity index (χ0v) is 12.5. The molecule has 0 amide bonds. The maximum absolute atomic E-state index is 12.3. The number of H-pyrrole nitrogens is 2. The predicted molar refractivity (Wildman–Crippen MR) is 78.2 cm³/mol. The largest absolute Gasteiger partial charge is 0.345 e. The van der Waals surface area contributed by atoms with Gasteiger partial charge in [-0.25, -0.2) is 18.1 Å². The number of nitrogens with one attached hydrogen (secondary N) is 3. The third-order valence-corrected chi connectivity index (χ3v) is 4.94. The molecule has 1 aromatic carbocycles. The molecule has 0 radical (unpaired) electrons. The number of hydrogen-bond donors (Lipinski definition) is 3. The summed E-state index contributed by atoms with van der Waals surface area (Å²) < 4.78 is 27.3. The first-order valence-corrected chi connectivity index (χ1v) is 7.89. The fraction of sp³-hybridized carbons (Fsp3) is 0.231. The van der Waals surface area contributed by atoms with E-state index in [-0.39, 0.29) is 11.4 Å². The molecule has 0 bridgehead atoms. The number of aryl methyl sites for hydroxylation is 2. The van der Waals surface area contributed by atoms with E-state index >= 15 is 0 Å². The van der Waals surface area contributed by atoms with E-state index < -0.39 is 10.0 Å². The molecule has 0 saturated heterocycles. The SMILES string of the molecule is Cc1n[nH]c(C)c1S(=O)(=O)NCc1ccc2nc[nH]c2c1. The minimum atomic E-state index is -3.59. The van der Waals surface area contributed by atoms with Crippen molar-refractivity contribution in [1.82, 2.24) is 24.9 Å². The van der Waals surface area contributed by atoms with Crippen molar-refractivity contribution in [1.29, 1.82) is 0 Å². The van der Waals surface area contributed by atoms with Gasteiger partial charge >= 0.3 is 0 Å². The smallest absolute Gasteiger partial charge is 0.244 e. The van der Waals surface area contributed by atoms with Crippen LogP contribution >= 0.6 is 0 Å². The molecule has 7 nitrogen and oxygen atoms in total. The Labute approximate surface area is 121 Å². The molecule has 0 saturated carbocycles. The van der Waals surface area contributed by atoms with Gasteiger partial charge in [0.15, 0.2) is 0 Å². The van der Waals surface area contributed by atoms with Gasteiger partial charge in [-0.2, -0.15) is 5.10 Å². The van der Waals surface area contributed by atoms with Crippen LogP contribution in [0.4, 0.5) is 0 Å². The number of fused-ring (bicyclic) bond motifs is 1. The summed E-state index contributed by atoms with van der Waals surface area (Å²) in [5.74, 6) is 0. The number of benzene rings is 1. The van der Waals surface area contributed by atoms with Gasteiger partial charge in [-0.15, -0.1) is 0 Å². The van der Waals surface area contributed by atoms with Gasteiger partial charge in [-0.1, -0.05) is 6.07 Å². The quantitative estimate of drug-likeness (QED) is 0.677. The summed E-state index contributed by atoms with van der Waals surface area (Å²) in [5.41, 5.74) is 3.58. The second kappa shape index (κ2) is 4.97. The maximum Gasteiger partial charge on any atom is 0.244 e. The van der Waals surface area contributed by atoms with Crippen LogP contribution in [0.3, 0.4) is 0 Å². The number of sulfonamides is 1. The molecule has 3 rings (SSSR count). The summed E-state index contributed by atoms with van der Waals surface area (Å²) in [6, 6.07) is 5.57. The molecule has 0 aliphatic rings. The zero-order valence-electron chi connectivity index (χ0n) is 11.6. The van der Waals surface area contributed by atoms with Crippen LogP contribution in [-0.4, -0.2) is 28.6 Å². The van der Waals surface area contributed by atoms with Gasteiger partial charge in [0.1, 0.15) is 4.90 Å². The van der Waals surface area contributed by atoms with E-state index in [0.717, 1.165) is 16.6 Å². The van der Waals surface area contributed by atoms with Crippen molar-refractivity contribution in [2.45, 2.75) is 25.3 Å². The van der Waals surface area contributed by atoms with Crippen molar-refractivity contribution < 1.29 is 8.42 Å². The van der Waals surface area contributed by atoms with Crippen molar-refractivity contribution in [3.8, 4) is 0 Å². The Morgan fingerprint density at radius 1 is 1.29 bits per heavy atom. The molecule has 0 unspecified atom stereocenters. The zero-order chi connectivity index (χ0) is 15.0. The van der Waals surface area contributed by atoms with Crippen molar-refractivity contribution in [3.05, 3.63) is 41.5 Å². The normalized spacial score (nSPS) is 12.1. The third kappa shape index (κ3) is 2.55. The first-order valence-electron chi connectivity index (χ1n) is 6.40. The molecular weight excluding hydrogens is 290 g/mol. The molecule has 2 heterocycles. The highest BCUT2D eigenvalue weighted by Gasteiger charge is 2.21. The average molecular weight is 305 g/mol. The number of rotatable bonds is 4. The van der Waals surface area contributed by atoms with Gasteiger partial charge < -0.3 is 4.98 Å².